The van der Waals surface area contributed by atoms with Crippen LogP contribution >= 0.6 is 0 Å². The second-order valence-electron chi connectivity index (χ2n) is 7.54. The van der Waals surface area contributed by atoms with Crippen molar-refractivity contribution in [3.63, 3.8) is 0 Å². The van der Waals surface area contributed by atoms with Crippen molar-refractivity contribution in [2.75, 3.05) is 46.9 Å². The van der Waals surface area contributed by atoms with Gasteiger partial charge in [-0.15, -0.1) is 0 Å². The summed E-state index contributed by atoms with van der Waals surface area (Å²) in [4.78, 5) is 17.3. The Bertz CT molecular complexity index is 551. The van der Waals surface area contributed by atoms with E-state index in [1.54, 1.807) is 0 Å². The van der Waals surface area contributed by atoms with Gasteiger partial charge >= 0.3 is 0 Å². The number of hydrogen-bond donors (Lipinski definition) is 1. The quantitative estimate of drug-likeness (QED) is 0.863. The molecule has 1 aliphatic rings. The smallest absolute Gasteiger partial charge is 0.242 e. The van der Waals surface area contributed by atoms with Crippen LogP contribution in [0.3, 0.4) is 0 Å². The largest absolute Gasteiger partial charge is 0.379 e. The van der Waals surface area contributed by atoms with Gasteiger partial charge in [-0.05, 0) is 40.4 Å². The van der Waals surface area contributed by atoms with E-state index in [4.69, 9.17) is 4.74 Å². The lowest BCUT2D eigenvalue weighted by Crippen LogP contribution is -2.55. The Morgan fingerprint density at radius 2 is 2.00 bits per heavy atom. The summed E-state index contributed by atoms with van der Waals surface area (Å²) in [6.45, 7) is 10.4. The molecule has 1 aromatic carbocycles. The zero-order valence-corrected chi connectivity index (χ0v) is 15.6. The number of ether oxygens (including phenoxy) is 1. The molecular formula is C19H31N3O2. The second kappa shape index (κ2) is 8.10. The molecule has 0 radical (unpaired) electrons. The summed E-state index contributed by atoms with van der Waals surface area (Å²) in [6.07, 6.45) is 0. The van der Waals surface area contributed by atoms with Gasteiger partial charge in [-0.1, -0.05) is 29.8 Å². The summed E-state index contributed by atoms with van der Waals surface area (Å²) in [5.41, 5.74) is 1.91. The van der Waals surface area contributed by atoms with Crippen molar-refractivity contribution < 1.29 is 9.53 Å². The predicted octanol–water partition coefficient (Wildman–Crippen LogP) is 1.82. The first-order chi connectivity index (χ1) is 11.3. The van der Waals surface area contributed by atoms with Gasteiger partial charge in [0, 0.05) is 25.2 Å². The number of nitrogens with zero attached hydrogens (tertiary/aromatic N) is 2. The fourth-order valence-corrected chi connectivity index (χ4v) is 3.28. The number of rotatable bonds is 6. The predicted molar refractivity (Wildman–Crippen MR) is 97.1 cm³/mol. The van der Waals surface area contributed by atoms with Gasteiger partial charge in [-0.2, -0.15) is 0 Å². The van der Waals surface area contributed by atoms with Crippen LogP contribution in [0.2, 0.25) is 0 Å². The minimum Gasteiger partial charge on any atom is -0.379 e. The van der Waals surface area contributed by atoms with Crippen LogP contribution in [0.1, 0.15) is 31.0 Å². The molecule has 0 unspecified atom stereocenters. The summed E-state index contributed by atoms with van der Waals surface area (Å²) in [7, 11) is 3.89. The van der Waals surface area contributed by atoms with E-state index in [0.29, 0.717) is 0 Å². The molecule has 1 amide bonds. The third-order valence-electron chi connectivity index (χ3n) is 4.31. The minimum absolute atomic E-state index is 0.0452. The van der Waals surface area contributed by atoms with Crippen LogP contribution in [0.5, 0.6) is 0 Å². The molecule has 1 saturated heterocycles. The first-order valence-corrected chi connectivity index (χ1v) is 8.64. The molecule has 1 heterocycles. The van der Waals surface area contributed by atoms with E-state index in [1.165, 1.54) is 5.56 Å². The standard InChI is InChI=1S/C19H31N3O2/c1-15-7-6-8-16(13-15)17(21(4)5)18(23)20-19(2,3)14-22-9-11-24-12-10-22/h6-8,13,17H,9-12,14H2,1-5H3,(H,20,23)/t17-/m1/s1. The molecule has 5 nitrogen and oxygen atoms in total. The van der Waals surface area contributed by atoms with Crippen molar-refractivity contribution >= 4 is 5.91 Å². The summed E-state index contributed by atoms with van der Waals surface area (Å²) >= 11 is 0. The Morgan fingerprint density at radius 3 is 2.58 bits per heavy atom. The third-order valence-corrected chi connectivity index (χ3v) is 4.31. The van der Waals surface area contributed by atoms with Crippen LogP contribution in [0.4, 0.5) is 0 Å². The number of carbonyl (C=O) groups is 1. The molecule has 1 atom stereocenters. The van der Waals surface area contributed by atoms with E-state index < -0.39 is 0 Å². The fraction of sp³-hybridized carbons (Fsp3) is 0.632. The Morgan fingerprint density at radius 1 is 1.33 bits per heavy atom. The highest BCUT2D eigenvalue weighted by Gasteiger charge is 2.30. The normalized spacial score (nSPS) is 17.8. The van der Waals surface area contributed by atoms with Gasteiger partial charge in [-0.3, -0.25) is 14.6 Å². The molecule has 1 aromatic rings. The lowest BCUT2D eigenvalue weighted by molar-refractivity contribution is -0.127. The van der Waals surface area contributed by atoms with Crippen molar-refractivity contribution in [2.45, 2.75) is 32.4 Å². The number of amides is 1. The molecule has 0 bridgehead atoms. The van der Waals surface area contributed by atoms with Crippen molar-refractivity contribution in [3.05, 3.63) is 35.4 Å². The van der Waals surface area contributed by atoms with Crippen LogP contribution in [0.15, 0.2) is 24.3 Å². The Hall–Kier alpha value is -1.43. The molecular weight excluding hydrogens is 302 g/mol. The average Bonchev–Trinajstić information content (AvgIpc) is 2.46. The monoisotopic (exact) mass is 333 g/mol. The zero-order valence-electron chi connectivity index (χ0n) is 15.6. The summed E-state index contributed by atoms with van der Waals surface area (Å²) < 4.78 is 5.40. The first kappa shape index (κ1) is 18.9. The van der Waals surface area contributed by atoms with Crippen molar-refractivity contribution in [1.82, 2.24) is 15.1 Å². The fourth-order valence-electron chi connectivity index (χ4n) is 3.28. The summed E-state index contributed by atoms with van der Waals surface area (Å²) in [6, 6.07) is 7.88. The number of hydrogen-bond acceptors (Lipinski definition) is 4. The Labute approximate surface area is 146 Å². The number of nitrogens with one attached hydrogen (secondary N) is 1. The van der Waals surface area contributed by atoms with Gasteiger partial charge in [0.05, 0.1) is 13.2 Å². The number of carbonyl (C=O) groups excluding carboxylic acids is 1. The highest BCUT2D eigenvalue weighted by atomic mass is 16.5. The third kappa shape index (κ3) is 5.30. The lowest BCUT2D eigenvalue weighted by Gasteiger charge is -2.37. The second-order valence-corrected chi connectivity index (χ2v) is 7.54. The van der Waals surface area contributed by atoms with Crippen LogP contribution in [0, 0.1) is 6.92 Å². The molecule has 5 heteroatoms. The van der Waals surface area contributed by atoms with Crippen LogP contribution in [-0.4, -0.2) is 68.2 Å². The molecule has 0 aliphatic carbocycles. The Kier molecular flexibility index (Phi) is 6.38. The minimum atomic E-state index is -0.285. The number of aryl methyl sites for hydroxylation is 1. The maximum Gasteiger partial charge on any atom is 0.242 e. The van der Waals surface area contributed by atoms with Crippen LogP contribution < -0.4 is 5.32 Å². The van der Waals surface area contributed by atoms with Crippen LogP contribution in [-0.2, 0) is 9.53 Å². The molecule has 0 aromatic heterocycles. The lowest BCUT2D eigenvalue weighted by atomic mass is 9.99. The topological polar surface area (TPSA) is 44.8 Å². The van der Waals surface area contributed by atoms with E-state index in [0.717, 1.165) is 38.4 Å². The highest BCUT2D eigenvalue weighted by molar-refractivity contribution is 5.83. The molecule has 2 rings (SSSR count). The van der Waals surface area contributed by atoms with Crippen molar-refractivity contribution in [3.8, 4) is 0 Å². The summed E-state index contributed by atoms with van der Waals surface area (Å²) in [5, 5.41) is 3.24. The van der Waals surface area contributed by atoms with E-state index in [2.05, 4.69) is 43.1 Å². The van der Waals surface area contributed by atoms with Gasteiger partial charge in [0.25, 0.3) is 0 Å². The van der Waals surface area contributed by atoms with Gasteiger partial charge < -0.3 is 10.1 Å². The molecule has 24 heavy (non-hydrogen) atoms. The molecule has 1 N–H and O–H groups in total. The number of morpholine rings is 1. The van der Waals surface area contributed by atoms with Crippen molar-refractivity contribution in [1.29, 1.82) is 0 Å². The van der Waals surface area contributed by atoms with E-state index in [1.807, 2.05) is 31.1 Å². The van der Waals surface area contributed by atoms with E-state index >= 15 is 0 Å². The average molecular weight is 333 g/mol. The highest BCUT2D eigenvalue weighted by Crippen LogP contribution is 2.21. The molecule has 1 fully saturated rings. The molecule has 0 spiro atoms. The molecule has 0 saturated carbocycles. The van der Waals surface area contributed by atoms with Gasteiger partial charge in [-0.25, -0.2) is 0 Å². The maximum absolute atomic E-state index is 13.0. The zero-order chi connectivity index (χ0) is 17.7. The van der Waals surface area contributed by atoms with E-state index in [-0.39, 0.29) is 17.5 Å². The molecule has 1 aliphatic heterocycles. The molecule has 134 valence electrons. The van der Waals surface area contributed by atoms with Gasteiger partial charge in [0.2, 0.25) is 5.91 Å². The SMILES string of the molecule is Cc1cccc([C@H](C(=O)NC(C)(C)CN2CCOCC2)N(C)C)c1. The van der Waals surface area contributed by atoms with Crippen molar-refractivity contribution in [2.24, 2.45) is 0 Å². The maximum atomic E-state index is 13.0. The number of benzene rings is 1. The van der Waals surface area contributed by atoms with Gasteiger partial charge in [0.1, 0.15) is 6.04 Å². The van der Waals surface area contributed by atoms with Gasteiger partial charge in [0.15, 0.2) is 0 Å². The Balaban J connectivity index is 2.06. The van der Waals surface area contributed by atoms with E-state index in [9.17, 15) is 4.79 Å². The summed E-state index contributed by atoms with van der Waals surface area (Å²) in [5.74, 6) is 0.0452. The first-order valence-electron chi connectivity index (χ1n) is 8.64. The van der Waals surface area contributed by atoms with Crippen LogP contribution in [0.25, 0.3) is 0 Å². The number of likely N-dealkylation sites (N-methyl/N-ethyl adjacent to an activating group) is 1.